The van der Waals surface area contributed by atoms with E-state index >= 15 is 0 Å². The summed E-state index contributed by atoms with van der Waals surface area (Å²) in [5, 5.41) is 5.06. The highest BCUT2D eigenvalue weighted by atomic mass is 15.2. The number of aromatic nitrogens is 2. The summed E-state index contributed by atoms with van der Waals surface area (Å²) in [6.07, 6.45) is 0.735. The van der Waals surface area contributed by atoms with Crippen molar-refractivity contribution in [1.29, 1.82) is 0 Å². The maximum absolute atomic E-state index is 2.76. The first-order valence-electron chi connectivity index (χ1n) is 43.2. The largest absolute Gasteiger partial charge is 0.341 e. The van der Waals surface area contributed by atoms with Gasteiger partial charge >= 0.3 is 0 Å². The number of hydrogen-bond donors (Lipinski definition) is 0. The predicted octanol–water partition coefficient (Wildman–Crippen LogP) is 28.2. The lowest BCUT2D eigenvalue weighted by atomic mass is 9.33. The molecule has 592 valence electrons. The van der Waals surface area contributed by atoms with Crippen molar-refractivity contribution in [3.63, 3.8) is 0 Å². The normalized spacial score (nSPS) is 13.0. The molecule has 0 fully saturated rings. The summed E-state index contributed by atoms with van der Waals surface area (Å²) in [5.74, 6) is 0. The fourth-order valence-corrected chi connectivity index (χ4v) is 18.9. The maximum Gasteiger partial charge on any atom is 0.252 e. The summed E-state index contributed by atoms with van der Waals surface area (Å²) < 4.78 is 5.00. The Labute approximate surface area is 711 Å². The summed E-state index contributed by atoms with van der Waals surface area (Å²) in [6, 6.07) is 128. The van der Waals surface area contributed by atoms with Gasteiger partial charge in [0.15, 0.2) is 0 Å². The average molecular weight is 1560 g/mol. The van der Waals surface area contributed by atoms with Crippen LogP contribution in [0.15, 0.2) is 334 Å². The van der Waals surface area contributed by atoms with E-state index in [1.807, 2.05) is 0 Å². The van der Waals surface area contributed by atoms with Crippen LogP contribution in [-0.2, 0) is 46.6 Å². The van der Waals surface area contributed by atoms with E-state index in [9.17, 15) is 0 Å². The van der Waals surface area contributed by atoms with E-state index in [1.165, 1.54) is 172 Å². The summed E-state index contributed by atoms with van der Waals surface area (Å²) in [6.45, 7) is 37.1. The zero-order valence-electron chi connectivity index (χ0n) is 72.4. The molecule has 0 aliphatic carbocycles. The van der Waals surface area contributed by atoms with Crippen LogP contribution in [0.2, 0.25) is 0 Å². The van der Waals surface area contributed by atoms with Gasteiger partial charge in [-0.3, -0.25) is 0 Å². The number of rotatable bonds is 15. The fourth-order valence-electron chi connectivity index (χ4n) is 18.9. The molecule has 0 N–H and O–H groups in total. The molecule has 0 spiro atoms. The quantitative estimate of drug-likeness (QED) is 0.0954. The second-order valence-corrected chi connectivity index (χ2v) is 39.1. The van der Waals surface area contributed by atoms with Crippen LogP contribution in [0.1, 0.15) is 148 Å². The number of benzene rings is 15. The van der Waals surface area contributed by atoms with Crippen molar-refractivity contribution in [3.05, 3.63) is 378 Å². The average Bonchev–Trinajstić information content (AvgIpc) is 0.786. The topological polar surface area (TPSA) is 19.6 Å². The molecular formula is C114H108BN5. The van der Waals surface area contributed by atoms with E-state index in [4.69, 9.17) is 0 Å². The lowest BCUT2D eigenvalue weighted by Gasteiger charge is -2.45. The van der Waals surface area contributed by atoms with Crippen LogP contribution < -0.4 is 31.1 Å². The van der Waals surface area contributed by atoms with Gasteiger partial charge in [0.1, 0.15) is 0 Å². The Morgan fingerprint density at radius 2 is 0.633 bits per heavy atom. The Balaban J connectivity index is 0.877. The van der Waals surface area contributed by atoms with Crippen molar-refractivity contribution < 1.29 is 0 Å². The highest BCUT2D eigenvalue weighted by molar-refractivity contribution is 7.00. The van der Waals surface area contributed by atoms with E-state index < -0.39 is 0 Å². The van der Waals surface area contributed by atoms with Crippen molar-refractivity contribution in [2.75, 3.05) is 21.2 Å². The number of para-hydroxylation sites is 3. The molecule has 0 bridgehead atoms. The lowest BCUT2D eigenvalue weighted by molar-refractivity contribution is 0.569. The number of anilines is 6. The SMILES string of the molecule is CC(C)(C)c1cc(CN2c3cc(-c4cc(C(C)(C)C)cc(C(C)(C)C)c4)ccc3B3c4ccc(-n5c6ccc(C(C)(C)C)cc6c6cc(C(C)(C)C)ccc65)cc4N(Cc4cc(-c5ccccc5)cc(-c5ccccc5)c4)c4cc(CCN(c5ccccc5)c5ccc(-n6c7ccccc7c7ccccc76)cc5)cc2c43)cc(-c2ccccc2)c1. The van der Waals surface area contributed by atoms with Crippen LogP contribution >= 0.6 is 0 Å². The lowest BCUT2D eigenvalue weighted by Crippen LogP contribution is -2.62. The molecular weight excluding hydrogens is 1450 g/mol. The fraction of sp³-hybridized carbons (Fsp3) is 0.211. The van der Waals surface area contributed by atoms with Gasteiger partial charge in [0.05, 0.1) is 22.1 Å². The molecule has 120 heavy (non-hydrogen) atoms. The molecule has 2 aliphatic heterocycles. The molecule has 0 amide bonds. The number of hydrogen-bond acceptors (Lipinski definition) is 3. The van der Waals surface area contributed by atoms with Crippen LogP contribution in [0.3, 0.4) is 0 Å². The van der Waals surface area contributed by atoms with Crippen molar-refractivity contribution in [3.8, 4) is 55.9 Å². The zero-order chi connectivity index (χ0) is 82.9. The minimum Gasteiger partial charge on any atom is -0.341 e. The molecule has 0 saturated heterocycles. The minimum atomic E-state index is -0.164. The molecule has 15 aromatic carbocycles. The molecule has 19 rings (SSSR count). The van der Waals surface area contributed by atoms with Gasteiger partial charge in [-0.2, -0.15) is 0 Å². The van der Waals surface area contributed by atoms with Gasteiger partial charge in [-0.25, -0.2) is 0 Å². The summed E-state index contributed by atoms with van der Waals surface area (Å²) in [5.41, 5.74) is 37.7. The maximum atomic E-state index is 2.76. The monoisotopic (exact) mass is 1560 g/mol. The first-order valence-corrected chi connectivity index (χ1v) is 43.2. The third kappa shape index (κ3) is 14.4. The molecule has 17 aromatic rings. The van der Waals surface area contributed by atoms with Crippen LogP contribution in [0, 0.1) is 0 Å². The molecule has 6 heteroatoms. The first-order chi connectivity index (χ1) is 57.6. The van der Waals surface area contributed by atoms with Gasteiger partial charge in [0.2, 0.25) is 0 Å². The predicted molar refractivity (Wildman–Crippen MR) is 516 cm³/mol. The van der Waals surface area contributed by atoms with Crippen LogP contribution in [0.4, 0.5) is 34.1 Å². The highest BCUT2D eigenvalue weighted by Gasteiger charge is 2.44. The van der Waals surface area contributed by atoms with Gasteiger partial charge in [0, 0.05) is 86.7 Å². The zero-order valence-corrected chi connectivity index (χ0v) is 72.4. The van der Waals surface area contributed by atoms with E-state index in [0.29, 0.717) is 19.6 Å². The molecule has 2 aromatic heterocycles. The van der Waals surface area contributed by atoms with Crippen molar-refractivity contribution in [2.45, 2.75) is 150 Å². The molecule has 5 nitrogen and oxygen atoms in total. The van der Waals surface area contributed by atoms with Gasteiger partial charge in [-0.15, -0.1) is 0 Å². The van der Waals surface area contributed by atoms with E-state index in [1.54, 1.807) is 0 Å². The van der Waals surface area contributed by atoms with E-state index in [2.05, 4.69) is 461 Å². The van der Waals surface area contributed by atoms with Crippen LogP contribution in [-0.4, -0.2) is 22.4 Å². The number of fused-ring (bicyclic) bond motifs is 10. The summed E-state index contributed by atoms with van der Waals surface area (Å²) in [4.78, 5) is 8.05. The Hall–Kier alpha value is -12.6. The molecule has 4 heterocycles. The summed E-state index contributed by atoms with van der Waals surface area (Å²) in [7, 11) is 0. The summed E-state index contributed by atoms with van der Waals surface area (Å²) >= 11 is 0. The Morgan fingerprint density at radius 1 is 0.250 bits per heavy atom. The second-order valence-electron chi connectivity index (χ2n) is 39.1. The first kappa shape index (κ1) is 77.3. The second kappa shape index (κ2) is 29.7. The standard InChI is InChI=1S/C114H108BN5/c1-110(2,3)86-45-54-103-97(70-86)98-71-87(111(4,5)6)46-55-104(98)120(103)94-51-53-100-106(72-94)118(73-76-58-82(78-32-20-16-21-33-78)64-83(59-76)79-34-22-17-23-35-79)108-63-75(56-57-116(91-38-26-19-27-39-91)92-47-49-93(50-48-92)119-101-42-30-28-40-95(101)96-41-29-31-43-102(96)119)62-107-109(108)115(100)99-52-44-81(85-66-89(113(10,11)12)69-90(67-85)114(13,14)15)68-105(99)117(107)74-77-60-84(80-36-24-18-25-37-80)65-88(61-77)112(7,8)9/h16-55,58-72H,56-57,73-74H2,1-15H3. The third-order valence-corrected chi connectivity index (χ3v) is 25.6. The minimum absolute atomic E-state index is 0.0550. The van der Waals surface area contributed by atoms with Gasteiger partial charge in [0.25, 0.3) is 6.71 Å². The van der Waals surface area contributed by atoms with Gasteiger partial charge < -0.3 is 23.8 Å². The van der Waals surface area contributed by atoms with Crippen LogP contribution in [0.25, 0.3) is 99.5 Å². The van der Waals surface area contributed by atoms with Crippen molar-refractivity contribution in [2.24, 2.45) is 0 Å². The van der Waals surface area contributed by atoms with E-state index in [-0.39, 0.29) is 33.8 Å². The molecule has 0 atom stereocenters. The molecule has 0 radical (unpaired) electrons. The van der Waals surface area contributed by atoms with Crippen molar-refractivity contribution >= 4 is 101 Å². The molecule has 0 saturated carbocycles. The number of nitrogens with zero attached hydrogens (tertiary/aromatic N) is 5. The van der Waals surface area contributed by atoms with Crippen LogP contribution in [0.5, 0.6) is 0 Å². The highest BCUT2D eigenvalue weighted by Crippen LogP contribution is 2.47. The van der Waals surface area contributed by atoms with E-state index in [0.717, 1.165) is 29.2 Å². The van der Waals surface area contributed by atoms with Gasteiger partial charge in [-0.1, -0.05) is 310 Å². The Bertz CT molecular complexity index is 6580. The molecule has 0 unspecified atom stereocenters. The van der Waals surface area contributed by atoms with Crippen molar-refractivity contribution in [1.82, 2.24) is 9.13 Å². The Kier molecular flexibility index (Phi) is 19.1. The third-order valence-electron chi connectivity index (χ3n) is 25.6. The molecule has 2 aliphatic rings. The Morgan fingerprint density at radius 3 is 1.12 bits per heavy atom. The smallest absolute Gasteiger partial charge is 0.252 e. The van der Waals surface area contributed by atoms with Gasteiger partial charge in [-0.05, 0) is 266 Å².